The van der Waals surface area contributed by atoms with Crippen molar-refractivity contribution in [2.45, 2.75) is 82.6 Å². The van der Waals surface area contributed by atoms with E-state index in [1.54, 1.807) is 13.8 Å². The zero-order valence-corrected chi connectivity index (χ0v) is 23.8. The fraction of sp³-hybridized carbons (Fsp3) is 0.593. The third kappa shape index (κ3) is 7.13. The topological polar surface area (TPSA) is 220 Å². The molecular weight excluding hydrogens is 546 g/mol. The number of amides is 4. The van der Waals surface area contributed by atoms with Gasteiger partial charge in [-0.15, -0.1) is 0 Å². The Bertz CT molecular complexity index is 1250. The smallest absolute Gasteiger partial charge is 0.326 e. The van der Waals surface area contributed by atoms with Crippen LogP contribution in [0.1, 0.15) is 50.9 Å². The van der Waals surface area contributed by atoms with Crippen molar-refractivity contribution in [1.82, 2.24) is 40.4 Å². The summed E-state index contributed by atoms with van der Waals surface area (Å²) in [5.41, 5.74) is 7.19. The molecule has 0 radical (unpaired) electrons. The van der Waals surface area contributed by atoms with Crippen LogP contribution in [0.5, 0.6) is 0 Å². The van der Waals surface area contributed by atoms with Crippen molar-refractivity contribution in [3.05, 3.63) is 36.4 Å². The molecule has 0 aliphatic carbocycles. The number of nitrogens with one attached hydrogen (secondary N) is 4. The highest BCUT2D eigenvalue weighted by Gasteiger charge is 2.44. The summed E-state index contributed by atoms with van der Waals surface area (Å²) in [7, 11) is 0. The molecule has 0 saturated carbocycles. The van der Waals surface area contributed by atoms with E-state index in [1.807, 2.05) is 0 Å². The van der Waals surface area contributed by atoms with E-state index in [9.17, 15) is 29.1 Å². The average molecular weight is 586 g/mol. The van der Waals surface area contributed by atoms with E-state index in [2.05, 4.69) is 30.6 Å². The third-order valence-corrected chi connectivity index (χ3v) is 7.87. The summed E-state index contributed by atoms with van der Waals surface area (Å²) in [6, 6.07) is -4.76. The molecule has 0 spiro atoms. The molecule has 15 heteroatoms. The number of nitrogens with two attached hydrogens (primary N) is 1. The first kappa shape index (κ1) is 30.7. The van der Waals surface area contributed by atoms with E-state index in [0.29, 0.717) is 43.6 Å². The van der Waals surface area contributed by atoms with Crippen molar-refractivity contribution in [2.24, 2.45) is 11.7 Å². The predicted molar refractivity (Wildman–Crippen MR) is 148 cm³/mol. The molecule has 7 N–H and O–H groups in total. The number of carbonyl (C=O) groups is 5. The van der Waals surface area contributed by atoms with Gasteiger partial charge in [0.05, 0.1) is 18.7 Å². The van der Waals surface area contributed by atoms with Crippen LogP contribution in [0.3, 0.4) is 0 Å². The maximum atomic E-state index is 14.0. The number of aliphatic carboxylic acids is 1. The number of aromatic amines is 2. The predicted octanol–water partition coefficient (Wildman–Crippen LogP) is -1.06. The zero-order valence-electron chi connectivity index (χ0n) is 23.8. The molecule has 2 saturated heterocycles. The van der Waals surface area contributed by atoms with Crippen LogP contribution in [-0.2, 0) is 36.8 Å². The molecule has 2 aliphatic heterocycles. The lowest BCUT2D eigenvalue weighted by Crippen LogP contribution is -2.59. The SMILES string of the molecule is CC(C)C(N)C(=O)NC(Cc1cnc[nH]1)C(=O)NC(Cc1cnc[nH]1)C(=O)N1CCCC1C(=O)N1CCCC1C(=O)O. The Balaban J connectivity index is 1.55. The normalized spacial score (nSPS) is 20.8. The minimum atomic E-state index is -1.10. The highest BCUT2D eigenvalue weighted by Crippen LogP contribution is 2.26. The summed E-state index contributed by atoms with van der Waals surface area (Å²) in [6.45, 7) is 4.19. The van der Waals surface area contributed by atoms with Crippen LogP contribution in [0, 0.1) is 5.92 Å². The minimum absolute atomic E-state index is 0.0552. The Kier molecular flexibility index (Phi) is 9.93. The summed E-state index contributed by atoms with van der Waals surface area (Å²) >= 11 is 0. The van der Waals surface area contributed by atoms with Gasteiger partial charge in [-0.2, -0.15) is 0 Å². The van der Waals surface area contributed by atoms with Crippen LogP contribution in [-0.4, -0.2) is 108 Å². The second kappa shape index (κ2) is 13.6. The molecule has 4 amide bonds. The first-order valence-corrected chi connectivity index (χ1v) is 14.2. The van der Waals surface area contributed by atoms with Crippen molar-refractivity contribution >= 4 is 29.6 Å². The highest BCUT2D eigenvalue weighted by atomic mass is 16.4. The van der Waals surface area contributed by atoms with Gasteiger partial charge < -0.3 is 41.2 Å². The molecule has 2 aromatic rings. The molecule has 0 aromatic carbocycles. The van der Waals surface area contributed by atoms with Gasteiger partial charge in [0.1, 0.15) is 24.2 Å². The summed E-state index contributed by atoms with van der Waals surface area (Å²) in [5.74, 6) is -3.24. The maximum absolute atomic E-state index is 14.0. The van der Waals surface area contributed by atoms with Gasteiger partial charge in [-0.25, -0.2) is 14.8 Å². The maximum Gasteiger partial charge on any atom is 0.326 e. The van der Waals surface area contributed by atoms with Gasteiger partial charge in [-0.05, 0) is 31.6 Å². The van der Waals surface area contributed by atoms with Crippen LogP contribution in [0.2, 0.25) is 0 Å². The Labute approximate surface area is 243 Å². The summed E-state index contributed by atoms with van der Waals surface area (Å²) < 4.78 is 0. The molecule has 42 heavy (non-hydrogen) atoms. The van der Waals surface area contributed by atoms with Crippen LogP contribution < -0.4 is 16.4 Å². The molecule has 0 bridgehead atoms. The van der Waals surface area contributed by atoms with Crippen LogP contribution in [0.15, 0.2) is 25.0 Å². The Morgan fingerprint density at radius 3 is 2.00 bits per heavy atom. The first-order valence-electron chi connectivity index (χ1n) is 14.2. The summed E-state index contributed by atoms with van der Waals surface area (Å²) in [6.07, 6.45) is 8.00. The number of carboxylic acid groups (broad SMARTS) is 1. The molecule has 2 fully saturated rings. The van der Waals surface area contributed by atoms with E-state index in [1.165, 1.54) is 34.8 Å². The van der Waals surface area contributed by atoms with Crippen molar-refractivity contribution in [1.29, 1.82) is 0 Å². The van der Waals surface area contributed by atoms with Gasteiger partial charge in [-0.3, -0.25) is 19.2 Å². The van der Waals surface area contributed by atoms with Crippen molar-refractivity contribution in [3.8, 4) is 0 Å². The van der Waals surface area contributed by atoms with Gasteiger partial charge in [-0.1, -0.05) is 13.8 Å². The fourth-order valence-electron chi connectivity index (χ4n) is 5.45. The van der Waals surface area contributed by atoms with E-state index in [-0.39, 0.29) is 25.3 Å². The van der Waals surface area contributed by atoms with Crippen LogP contribution >= 0.6 is 0 Å². The number of H-pyrrole nitrogens is 2. The zero-order chi connectivity index (χ0) is 30.4. The number of hydrogen-bond acceptors (Lipinski definition) is 8. The summed E-state index contributed by atoms with van der Waals surface area (Å²) in [5, 5.41) is 15.1. The van der Waals surface area contributed by atoms with E-state index >= 15 is 0 Å². The standard InChI is InChI=1S/C27H39N9O6/c1-15(2)22(28)24(38)33-18(9-16-11-29-13-31-16)23(37)34-19(10-17-12-30-14-32-17)25(39)35-7-3-5-20(35)26(40)36-8-4-6-21(36)27(41)42/h11-15,18-22H,3-10,28H2,1-2H3,(H,29,31)(H,30,32)(H,33,38)(H,34,37)(H,41,42). The largest absolute Gasteiger partial charge is 0.480 e. The molecule has 5 atom stereocenters. The lowest BCUT2D eigenvalue weighted by Gasteiger charge is -2.32. The molecule has 4 heterocycles. The lowest BCUT2D eigenvalue weighted by molar-refractivity contribution is -0.152. The van der Waals surface area contributed by atoms with E-state index in [4.69, 9.17) is 5.73 Å². The van der Waals surface area contributed by atoms with Gasteiger partial charge in [0, 0.05) is 49.7 Å². The number of aromatic nitrogens is 4. The number of nitrogens with zero attached hydrogens (tertiary/aromatic N) is 4. The van der Waals surface area contributed by atoms with Crippen LogP contribution in [0.25, 0.3) is 0 Å². The molecule has 5 unspecified atom stereocenters. The minimum Gasteiger partial charge on any atom is -0.480 e. The van der Waals surface area contributed by atoms with Crippen LogP contribution in [0.4, 0.5) is 0 Å². The first-order chi connectivity index (χ1) is 20.1. The highest BCUT2D eigenvalue weighted by molar-refractivity contribution is 5.96. The number of imidazole rings is 2. The number of carbonyl (C=O) groups excluding carboxylic acids is 4. The fourth-order valence-corrected chi connectivity index (χ4v) is 5.45. The van der Waals surface area contributed by atoms with E-state index < -0.39 is 59.8 Å². The number of hydrogen-bond donors (Lipinski definition) is 6. The molecule has 4 rings (SSSR count). The summed E-state index contributed by atoms with van der Waals surface area (Å²) in [4.78, 5) is 82.2. The third-order valence-electron chi connectivity index (χ3n) is 7.87. The van der Waals surface area contributed by atoms with Gasteiger partial charge in [0.2, 0.25) is 23.6 Å². The van der Waals surface area contributed by atoms with Gasteiger partial charge >= 0.3 is 5.97 Å². The van der Waals surface area contributed by atoms with Crippen molar-refractivity contribution < 1.29 is 29.1 Å². The molecule has 15 nitrogen and oxygen atoms in total. The second-order valence-electron chi connectivity index (χ2n) is 11.2. The Hall–Kier alpha value is -4.27. The molecular formula is C27H39N9O6. The molecule has 2 aromatic heterocycles. The number of carboxylic acids is 1. The van der Waals surface area contributed by atoms with Crippen molar-refractivity contribution in [2.75, 3.05) is 13.1 Å². The Morgan fingerprint density at radius 1 is 0.905 bits per heavy atom. The second-order valence-corrected chi connectivity index (χ2v) is 11.2. The quantitative estimate of drug-likeness (QED) is 0.178. The monoisotopic (exact) mass is 585 g/mol. The number of rotatable bonds is 12. The average Bonchev–Trinajstić information content (AvgIpc) is 3.78. The van der Waals surface area contributed by atoms with Gasteiger partial charge in [0.15, 0.2) is 0 Å². The Morgan fingerprint density at radius 2 is 1.45 bits per heavy atom. The lowest BCUT2D eigenvalue weighted by atomic mass is 10.0. The van der Waals surface area contributed by atoms with E-state index in [0.717, 1.165) is 0 Å². The molecule has 228 valence electrons. The van der Waals surface area contributed by atoms with Gasteiger partial charge in [0.25, 0.3) is 0 Å². The van der Waals surface area contributed by atoms with Crippen molar-refractivity contribution in [3.63, 3.8) is 0 Å². The molecule has 2 aliphatic rings. The number of likely N-dealkylation sites (tertiary alicyclic amines) is 2.